The number of nitrogens with two attached hydrogens (primary N) is 2. The van der Waals surface area contributed by atoms with Gasteiger partial charge in [0.25, 0.3) is 5.56 Å². The number of aliphatic hydroxyl groups is 1. The number of hydrogen-bond acceptors (Lipinski definition) is 17. The van der Waals surface area contributed by atoms with Gasteiger partial charge in [-0.15, -0.1) is 0 Å². The van der Waals surface area contributed by atoms with Crippen LogP contribution in [-0.2, 0) is 84.2 Å². The molecule has 2 aliphatic heterocycles. The van der Waals surface area contributed by atoms with Crippen LogP contribution in [0, 0.1) is 24.6 Å². The van der Waals surface area contributed by atoms with Crippen LogP contribution in [0.25, 0.3) is 22.3 Å². The Morgan fingerprint density at radius 3 is 2.38 bits per heavy atom. The van der Waals surface area contributed by atoms with E-state index in [1.807, 2.05) is 0 Å². The molecule has 25 heteroatoms. The first-order valence-electron chi connectivity index (χ1n) is 27.5. The van der Waals surface area contributed by atoms with E-state index in [1.54, 1.807) is 58.0 Å². The van der Waals surface area contributed by atoms with Crippen molar-refractivity contribution in [3.8, 4) is 11.4 Å². The van der Waals surface area contributed by atoms with E-state index in [9.17, 15) is 48.3 Å². The summed E-state index contributed by atoms with van der Waals surface area (Å²) < 4.78 is 43.6. The van der Waals surface area contributed by atoms with E-state index in [4.69, 9.17) is 40.1 Å². The predicted molar refractivity (Wildman–Crippen MR) is 294 cm³/mol. The number of esters is 1. The number of urea groups is 1. The van der Waals surface area contributed by atoms with E-state index in [1.165, 1.54) is 10.6 Å². The summed E-state index contributed by atoms with van der Waals surface area (Å²) in [4.78, 5) is 121. The molecule has 6 amide bonds. The Balaban J connectivity index is 0.859. The summed E-state index contributed by atoms with van der Waals surface area (Å²) >= 11 is 0. The number of anilines is 1. The fraction of sp³-hybridized carbons (Fsp3) is 0.509. The number of amides is 6. The summed E-state index contributed by atoms with van der Waals surface area (Å²) in [6, 6.07) is 7.09. The van der Waals surface area contributed by atoms with Gasteiger partial charge in [0.05, 0.1) is 80.7 Å². The first-order chi connectivity index (χ1) is 39.2. The number of ether oxygens (including phenoxy) is 5. The van der Waals surface area contributed by atoms with E-state index >= 15 is 4.39 Å². The molecule has 2 aromatic carbocycles. The van der Waals surface area contributed by atoms with Crippen molar-refractivity contribution in [3.63, 3.8) is 0 Å². The Morgan fingerprint density at radius 2 is 1.67 bits per heavy atom. The summed E-state index contributed by atoms with van der Waals surface area (Å²) in [5.74, 6) is -4.53. The second-order valence-corrected chi connectivity index (χ2v) is 20.8. The predicted octanol–water partition coefficient (Wildman–Crippen LogP) is 3.02. The standard InChI is InChI=1S/C57H72FN9O15/c1-5-57(77)40-24-44-51-38(27-67(44)53(73)39(40)29-81-54(57)74)49-42(13-12-37-32(4)41(58)25-43(65-51)48(37)49)64-47(71)30-80-18-14-36(68)26-62-56(76)82-28-33-8-10-35(11-9-33)63-52(72)34(7-6-17-61-55(60)75)23-45(69)50(31(2)3)66-46(70)15-19-78-21-22-79-20-16-59/h8-11,24-25,31,34,42,50,77H,5-7,12-23,26-30,59H2,1-4H3,(H,62,76)(H,63,72)(H,64,71)(H,66,70)(H3,60,61,75)/t34-,42+,50+,57+/m1/s1. The maximum atomic E-state index is 15.4. The van der Waals surface area contributed by atoms with Gasteiger partial charge >= 0.3 is 18.1 Å². The molecule has 1 aliphatic carbocycles. The Hall–Kier alpha value is -7.71. The van der Waals surface area contributed by atoms with Crippen LogP contribution in [-0.4, -0.2) is 127 Å². The highest BCUT2D eigenvalue weighted by atomic mass is 19.1. The number of carbonyl (C=O) groups excluding carboxylic acids is 8. The monoisotopic (exact) mass is 1140 g/mol. The molecular formula is C57H72FN9O15. The van der Waals surface area contributed by atoms with Crippen LogP contribution in [0.15, 0.2) is 41.2 Å². The van der Waals surface area contributed by atoms with Crippen LogP contribution in [0.2, 0.25) is 0 Å². The first-order valence-corrected chi connectivity index (χ1v) is 27.5. The number of nitrogens with one attached hydrogen (secondary N) is 5. The molecule has 4 heterocycles. The summed E-state index contributed by atoms with van der Waals surface area (Å²) in [6.07, 6.45) is 0.120. The van der Waals surface area contributed by atoms with Gasteiger partial charge in [-0.3, -0.25) is 28.8 Å². The molecule has 442 valence electrons. The Kier molecular flexibility index (Phi) is 21.4. The number of aryl methyl sites for hydroxylation is 1. The molecule has 0 radical (unpaired) electrons. The van der Waals surface area contributed by atoms with E-state index in [0.29, 0.717) is 89.3 Å². The second-order valence-electron chi connectivity index (χ2n) is 20.8. The van der Waals surface area contributed by atoms with Gasteiger partial charge in [0, 0.05) is 66.5 Å². The van der Waals surface area contributed by atoms with Crippen LogP contribution in [0.3, 0.4) is 0 Å². The number of fused-ring (bicyclic) bond motifs is 5. The number of hydrogen-bond donors (Lipinski definition) is 8. The van der Waals surface area contributed by atoms with Crippen LogP contribution >= 0.6 is 0 Å². The van der Waals surface area contributed by atoms with Crippen LogP contribution in [0.5, 0.6) is 0 Å². The third kappa shape index (κ3) is 15.0. The quantitative estimate of drug-likeness (QED) is 0.0242. The zero-order valence-electron chi connectivity index (χ0n) is 46.5. The Morgan fingerprint density at radius 1 is 0.939 bits per heavy atom. The highest BCUT2D eigenvalue weighted by molar-refractivity contribution is 5.98. The molecular weight excluding hydrogens is 1070 g/mol. The lowest BCUT2D eigenvalue weighted by Gasteiger charge is -2.31. The van der Waals surface area contributed by atoms with Crippen molar-refractivity contribution in [3.05, 3.63) is 91.5 Å². The fourth-order valence-corrected chi connectivity index (χ4v) is 10.4. The fourth-order valence-electron chi connectivity index (χ4n) is 10.4. The molecule has 4 atom stereocenters. The maximum Gasteiger partial charge on any atom is 0.407 e. The third-order valence-corrected chi connectivity index (χ3v) is 14.8. The van der Waals surface area contributed by atoms with Crippen molar-refractivity contribution in [2.75, 3.05) is 64.6 Å². The number of ketones is 2. The molecule has 4 aromatic rings. The van der Waals surface area contributed by atoms with E-state index in [-0.39, 0.29) is 114 Å². The van der Waals surface area contributed by atoms with Gasteiger partial charge in [0.1, 0.15) is 25.6 Å². The highest BCUT2D eigenvalue weighted by Gasteiger charge is 2.46. The Labute approximate surface area is 472 Å². The van der Waals surface area contributed by atoms with Gasteiger partial charge in [-0.1, -0.05) is 32.9 Å². The number of alkyl carbamates (subject to hydrolysis) is 1. The third-order valence-electron chi connectivity index (χ3n) is 14.8. The zero-order chi connectivity index (χ0) is 59.3. The van der Waals surface area contributed by atoms with Crippen molar-refractivity contribution >= 4 is 64.0 Å². The molecule has 82 heavy (non-hydrogen) atoms. The lowest BCUT2D eigenvalue weighted by Crippen LogP contribution is -2.45. The minimum atomic E-state index is -2.04. The highest BCUT2D eigenvalue weighted by Crippen LogP contribution is 2.46. The second kappa shape index (κ2) is 28.3. The van der Waals surface area contributed by atoms with Crippen molar-refractivity contribution < 1.29 is 71.5 Å². The number of benzene rings is 2. The number of carbonyl (C=O) groups is 8. The molecule has 10 N–H and O–H groups in total. The van der Waals surface area contributed by atoms with Crippen LogP contribution in [0.4, 0.5) is 19.7 Å². The topological polar surface area (TPSA) is 350 Å². The van der Waals surface area contributed by atoms with E-state index in [2.05, 4.69) is 26.6 Å². The summed E-state index contributed by atoms with van der Waals surface area (Å²) in [6.45, 7) is 7.19. The summed E-state index contributed by atoms with van der Waals surface area (Å²) in [5.41, 5.74) is 12.8. The largest absolute Gasteiger partial charge is 0.458 e. The van der Waals surface area contributed by atoms with Gasteiger partial charge in [0.2, 0.25) is 17.7 Å². The van der Waals surface area contributed by atoms with Crippen LogP contribution in [0.1, 0.15) is 111 Å². The number of primary amides is 1. The molecule has 0 saturated heterocycles. The average molecular weight is 1140 g/mol. The normalized spacial score (nSPS) is 16.5. The average Bonchev–Trinajstić information content (AvgIpc) is 2.23. The van der Waals surface area contributed by atoms with Crippen molar-refractivity contribution in [2.24, 2.45) is 23.3 Å². The van der Waals surface area contributed by atoms with Gasteiger partial charge in [-0.2, -0.15) is 0 Å². The maximum absolute atomic E-state index is 15.4. The molecule has 0 spiro atoms. The molecule has 0 fully saturated rings. The molecule has 24 nitrogen and oxygen atoms in total. The first kappa shape index (κ1) is 61.9. The molecule has 7 rings (SSSR count). The number of aromatic nitrogens is 2. The molecule has 2 aromatic heterocycles. The molecule has 0 bridgehead atoms. The lowest BCUT2D eigenvalue weighted by molar-refractivity contribution is -0.172. The smallest absolute Gasteiger partial charge is 0.407 e. The number of halogens is 1. The lowest BCUT2D eigenvalue weighted by atomic mass is 9.81. The number of pyridine rings is 2. The van der Waals surface area contributed by atoms with E-state index in [0.717, 1.165) is 5.56 Å². The number of Topliss-reactive ketones (excluding diaryl/α,β-unsaturated/α-hetero) is 2. The number of nitrogens with zero attached hydrogens (tertiary/aromatic N) is 2. The van der Waals surface area contributed by atoms with Gasteiger partial charge in [0.15, 0.2) is 17.2 Å². The number of rotatable bonds is 30. The number of cyclic esters (lactones) is 1. The van der Waals surface area contributed by atoms with Gasteiger partial charge < -0.3 is 71.4 Å². The SMILES string of the molecule is CC[C@@]1(O)C(=O)OCc2c1cc1n(c2=O)Cc2c-1nc1cc(F)c(C)c3c1c2[C@@H](NC(=O)COCCC(=O)CNC(=O)OCc1ccc(NC(=O)[C@H](CCCNC(N)=O)CC(=O)[C@@H](NC(=O)CCOCCOCCN)C(C)C)cc1)CC3. The minimum Gasteiger partial charge on any atom is -0.458 e. The van der Waals surface area contributed by atoms with Crippen LogP contribution < -0.4 is 43.6 Å². The van der Waals surface area contributed by atoms with E-state index < -0.39 is 77.3 Å². The van der Waals surface area contributed by atoms with Crippen molar-refractivity contribution in [2.45, 2.75) is 117 Å². The minimum absolute atomic E-state index is 0.0142. The van der Waals surface area contributed by atoms with Crippen molar-refractivity contribution in [1.29, 1.82) is 0 Å². The summed E-state index contributed by atoms with van der Waals surface area (Å²) in [7, 11) is 0. The van der Waals surface area contributed by atoms with Crippen molar-refractivity contribution in [1.82, 2.24) is 30.8 Å². The molecule has 3 aliphatic rings. The molecule has 0 unspecified atom stereocenters. The zero-order valence-corrected chi connectivity index (χ0v) is 46.5. The van der Waals surface area contributed by atoms with Gasteiger partial charge in [-0.25, -0.2) is 23.8 Å². The summed E-state index contributed by atoms with van der Waals surface area (Å²) in [5, 5.41) is 25.5. The van der Waals surface area contributed by atoms with Gasteiger partial charge in [-0.05, 0) is 85.4 Å². The Bertz CT molecular complexity index is 3130. The molecule has 0 saturated carbocycles.